The molecular weight excluding hydrogens is 521 g/mol. The highest BCUT2D eigenvalue weighted by Gasteiger charge is 2.55. The van der Waals surface area contributed by atoms with Crippen LogP contribution < -0.4 is 10.9 Å². The third-order valence-corrected chi connectivity index (χ3v) is 8.77. The molecule has 1 aliphatic carbocycles. The first kappa shape index (κ1) is 22.3. The summed E-state index contributed by atoms with van der Waals surface area (Å²) in [5.74, 6) is 0.697. The number of hydrogen-bond donors (Lipinski definition) is 1. The number of anilines is 1. The van der Waals surface area contributed by atoms with Gasteiger partial charge in [-0.1, -0.05) is 29.3 Å². The molecule has 0 saturated heterocycles. The van der Waals surface area contributed by atoms with Crippen molar-refractivity contribution < 1.29 is 0 Å². The summed E-state index contributed by atoms with van der Waals surface area (Å²) >= 11 is 13.1. The molecule has 188 valence electrons. The zero-order chi connectivity index (χ0) is 25.5. The van der Waals surface area contributed by atoms with Crippen molar-refractivity contribution >= 4 is 40.2 Å². The maximum Gasteiger partial charge on any atom is 0.251 e. The smallest absolute Gasteiger partial charge is 0.251 e. The molecule has 0 amide bonds. The Balaban J connectivity index is 1.16. The second-order valence-electron chi connectivity index (χ2n) is 10.3. The normalized spacial score (nSPS) is 22.7. The molecule has 1 fully saturated rings. The molecule has 0 bridgehead atoms. The highest BCUT2D eigenvalue weighted by atomic mass is 35.5. The lowest BCUT2D eigenvalue weighted by Crippen LogP contribution is -2.29. The fourth-order valence-corrected chi connectivity index (χ4v) is 6.87. The second-order valence-corrected chi connectivity index (χ2v) is 11.1. The fourth-order valence-electron chi connectivity index (χ4n) is 6.41. The molecule has 2 aromatic carbocycles. The van der Waals surface area contributed by atoms with Crippen molar-refractivity contribution in [1.82, 2.24) is 24.8 Å². The van der Waals surface area contributed by atoms with Crippen LogP contribution in [0.25, 0.3) is 22.4 Å². The first-order valence-corrected chi connectivity index (χ1v) is 13.4. The molecule has 1 N–H and O–H groups in total. The Bertz CT molecular complexity index is 1770. The summed E-state index contributed by atoms with van der Waals surface area (Å²) in [5.41, 5.74) is 9.00. The van der Waals surface area contributed by atoms with E-state index in [2.05, 4.69) is 45.1 Å². The molecule has 3 unspecified atom stereocenters. The molecule has 2 aromatic heterocycles. The number of aliphatic imine (C=N–C) groups is 1. The number of fused-ring (bicyclic) bond motifs is 4. The topological polar surface area (TPSA) is 90.0 Å². The van der Waals surface area contributed by atoms with E-state index in [-0.39, 0.29) is 11.6 Å². The second kappa shape index (κ2) is 8.12. The summed E-state index contributed by atoms with van der Waals surface area (Å²) in [4.78, 5) is 18.5. The molecule has 10 heteroatoms. The molecule has 38 heavy (non-hydrogen) atoms. The average Bonchev–Trinajstić information content (AvgIpc) is 3.35. The van der Waals surface area contributed by atoms with Crippen molar-refractivity contribution in [2.45, 2.75) is 31.2 Å². The van der Waals surface area contributed by atoms with Crippen LogP contribution in [-0.2, 0) is 6.42 Å². The van der Waals surface area contributed by atoms with Gasteiger partial charge in [-0.15, -0.1) is 5.10 Å². The number of allylic oxidation sites excluding steroid dienone is 1. The minimum Gasteiger partial charge on any atom is -0.384 e. The molecular formula is C28H21Cl2N7O. The Morgan fingerprint density at radius 3 is 2.82 bits per heavy atom. The predicted molar refractivity (Wildman–Crippen MR) is 147 cm³/mol. The summed E-state index contributed by atoms with van der Waals surface area (Å²) in [6.07, 6.45) is 4.24. The van der Waals surface area contributed by atoms with E-state index in [1.807, 2.05) is 16.7 Å². The summed E-state index contributed by atoms with van der Waals surface area (Å²) in [5, 5.41) is 16.1. The number of aromatic nitrogens is 5. The molecule has 5 heterocycles. The molecule has 8 rings (SSSR count). The largest absolute Gasteiger partial charge is 0.384 e. The molecule has 0 radical (unpaired) electrons. The highest BCUT2D eigenvalue weighted by molar-refractivity contribution is 6.35. The van der Waals surface area contributed by atoms with E-state index < -0.39 is 0 Å². The van der Waals surface area contributed by atoms with E-state index >= 15 is 0 Å². The van der Waals surface area contributed by atoms with Crippen molar-refractivity contribution in [3.63, 3.8) is 0 Å². The number of hydrogen-bond acceptors (Lipinski definition) is 6. The van der Waals surface area contributed by atoms with Crippen LogP contribution in [0.4, 0.5) is 5.69 Å². The lowest BCUT2D eigenvalue weighted by molar-refractivity contribution is 0.584. The van der Waals surface area contributed by atoms with Gasteiger partial charge in [0.15, 0.2) is 0 Å². The van der Waals surface area contributed by atoms with Crippen LogP contribution in [0.1, 0.15) is 41.6 Å². The summed E-state index contributed by atoms with van der Waals surface area (Å²) in [7, 11) is 0. The summed E-state index contributed by atoms with van der Waals surface area (Å²) in [6.45, 7) is 0.965. The van der Waals surface area contributed by atoms with Gasteiger partial charge in [0.2, 0.25) is 0 Å². The SMILES string of the molecule is O=c1cc(-c2cc(Cl)ccc2-n2cnnn2)cc2n1C(C1=NC(Cl)=C(c3ccc4c(c3)CCN4)C1)C1CC21. The average molecular weight is 542 g/mol. The first-order valence-electron chi connectivity index (χ1n) is 12.7. The van der Waals surface area contributed by atoms with Crippen LogP contribution in [-0.4, -0.2) is 37.0 Å². The predicted octanol–water partition coefficient (Wildman–Crippen LogP) is 5.22. The van der Waals surface area contributed by atoms with Gasteiger partial charge in [-0.25, -0.2) is 4.99 Å². The highest BCUT2D eigenvalue weighted by Crippen LogP contribution is 2.60. The van der Waals surface area contributed by atoms with E-state index in [9.17, 15) is 4.79 Å². The van der Waals surface area contributed by atoms with Crippen molar-refractivity contribution in [3.05, 3.63) is 92.2 Å². The molecule has 3 atom stereocenters. The maximum absolute atomic E-state index is 13.7. The lowest BCUT2D eigenvalue weighted by atomic mass is 9.96. The third kappa shape index (κ3) is 3.33. The van der Waals surface area contributed by atoms with Crippen LogP contribution in [0, 0.1) is 5.92 Å². The molecule has 4 aliphatic rings. The number of halogens is 2. The Hall–Kier alpha value is -3.75. The van der Waals surface area contributed by atoms with Gasteiger partial charge in [0.1, 0.15) is 11.5 Å². The Labute approximate surface area is 227 Å². The fraction of sp³-hybridized carbons (Fsp3) is 0.250. The van der Waals surface area contributed by atoms with Crippen molar-refractivity contribution in [2.24, 2.45) is 10.9 Å². The van der Waals surface area contributed by atoms with Crippen molar-refractivity contribution in [2.75, 3.05) is 11.9 Å². The van der Waals surface area contributed by atoms with E-state index in [0.29, 0.717) is 28.4 Å². The standard InChI is InChI=1S/C28H21Cl2N7O/c29-17-2-4-24(36-13-32-34-35-36)18(10-17)16-8-25-20-11-21(20)27(37(25)26(38)9-16)23-12-19(28(30)33-23)14-1-3-22-15(7-14)5-6-31-22/h1-4,7-10,13,20-21,27,31H,5-6,11-12H2. The van der Waals surface area contributed by atoms with Gasteiger partial charge >= 0.3 is 0 Å². The monoisotopic (exact) mass is 541 g/mol. The van der Waals surface area contributed by atoms with Crippen LogP contribution >= 0.6 is 23.2 Å². The van der Waals surface area contributed by atoms with E-state index in [0.717, 1.165) is 58.7 Å². The van der Waals surface area contributed by atoms with E-state index in [1.54, 1.807) is 16.8 Å². The number of rotatable bonds is 4. The molecule has 0 spiro atoms. The van der Waals surface area contributed by atoms with Gasteiger partial charge in [-0.2, -0.15) is 4.68 Å². The van der Waals surface area contributed by atoms with Gasteiger partial charge in [0.25, 0.3) is 5.56 Å². The van der Waals surface area contributed by atoms with Crippen LogP contribution in [0.2, 0.25) is 5.02 Å². The van der Waals surface area contributed by atoms with Gasteiger partial charge in [-0.3, -0.25) is 4.79 Å². The number of tetrazole rings is 1. The van der Waals surface area contributed by atoms with Crippen molar-refractivity contribution in [3.8, 4) is 16.8 Å². The zero-order valence-electron chi connectivity index (χ0n) is 20.1. The van der Waals surface area contributed by atoms with Gasteiger partial charge < -0.3 is 9.88 Å². The lowest BCUT2D eigenvalue weighted by Gasteiger charge is -2.20. The number of nitrogens with one attached hydrogen (secondary N) is 1. The quantitative estimate of drug-likeness (QED) is 0.357. The summed E-state index contributed by atoms with van der Waals surface area (Å²) in [6, 6.07) is 15.7. The Morgan fingerprint density at radius 1 is 1.03 bits per heavy atom. The van der Waals surface area contributed by atoms with E-state index in [4.69, 9.17) is 28.2 Å². The minimum atomic E-state index is -0.0720. The number of pyridine rings is 1. The van der Waals surface area contributed by atoms with Crippen molar-refractivity contribution in [1.29, 1.82) is 0 Å². The van der Waals surface area contributed by atoms with Gasteiger partial charge in [-0.05, 0) is 82.3 Å². The molecule has 1 saturated carbocycles. The van der Waals surface area contributed by atoms with Crippen LogP contribution in [0.5, 0.6) is 0 Å². The van der Waals surface area contributed by atoms with Gasteiger partial charge in [0, 0.05) is 58.2 Å². The minimum absolute atomic E-state index is 0.0479. The molecule has 3 aliphatic heterocycles. The first-order chi connectivity index (χ1) is 18.5. The molecule has 4 aromatic rings. The molecule has 8 nitrogen and oxygen atoms in total. The Morgan fingerprint density at radius 2 is 1.95 bits per heavy atom. The Kier molecular flexibility index (Phi) is 4.76. The van der Waals surface area contributed by atoms with Crippen LogP contribution in [0.3, 0.4) is 0 Å². The van der Waals surface area contributed by atoms with Gasteiger partial charge in [0.05, 0.1) is 11.7 Å². The van der Waals surface area contributed by atoms with E-state index in [1.165, 1.54) is 17.6 Å². The maximum atomic E-state index is 13.7. The summed E-state index contributed by atoms with van der Waals surface area (Å²) < 4.78 is 3.51. The van der Waals surface area contributed by atoms with Crippen LogP contribution in [0.15, 0.2) is 69.8 Å². The third-order valence-electron chi connectivity index (χ3n) is 8.22. The zero-order valence-corrected chi connectivity index (χ0v) is 21.6. The number of benzene rings is 2. The number of nitrogens with zero attached hydrogens (tertiary/aromatic N) is 6.